The molecule has 0 aliphatic rings. The molecule has 61 heavy (non-hydrogen) atoms. The Hall–Kier alpha value is -2.59. The van der Waals surface area contributed by atoms with Gasteiger partial charge in [-0.15, -0.1) is 0 Å². The van der Waals surface area contributed by atoms with Crippen LogP contribution in [0.25, 0.3) is 0 Å². The first-order chi connectivity index (χ1) is 29.4. The Morgan fingerprint density at radius 3 is 1.70 bits per heavy atom. The molecule has 11 heteroatoms. The molecule has 0 aromatic rings. The zero-order chi connectivity index (χ0) is 45.1. The molecular weight excluding hydrogens is 790 g/mol. The molecule has 0 saturated heterocycles. The van der Waals surface area contributed by atoms with Crippen molar-refractivity contribution in [2.45, 2.75) is 187 Å². The summed E-state index contributed by atoms with van der Waals surface area (Å²) in [6.07, 6.45) is 48.1. The Balaban J connectivity index is 4.47. The number of ether oxygens (including phenoxy) is 2. The highest BCUT2D eigenvalue weighted by atomic mass is 31.2. The summed E-state index contributed by atoms with van der Waals surface area (Å²) in [6, 6.07) is 0. The zero-order valence-corrected chi connectivity index (χ0v) is 40.1. The second-order valence-corrected chi connectivity index (χ2v) is 18.4. The van der Waals surface area contributed by atoms with Crippen molar-refractivity contribution in [3.05, 3.63) is 72.9 Å². The van der Waals surface area contributed by atoms with Gasteiger partial charge < -0.3 is 33.0 Å². The first-order valence-electron chi connectivity index (χ1n) is 23.8. The number of esters is 2. The van der Waals surface area contributed by atoms with Crippen LogP contribution in [0.3, 0.4) is 0 Å². The molecule has 0 aliphatic heterocycles. The van der Waals surface area contributed by atoms with Gasteiger partial charge in [-0.05, 0) is 77.0 Å². The highest BCUT2D eigenvalue weighted by Gasteiger charge is 2.21. The van der Waals surface area contributed by atoms with E-state index in [2.05, 4.69) is 44.2 Å². The normalized spacial score (nSPS) is 14.7. The second kappa shape index (κ2) is 41.4. The summed E-state index contributed by atoms with van der Waals surface area (Å²) >= 11 is 0. The van der Waals surface area contributed by atoms with Crippen LogP contribution in [0.15, 0.2) is 72.9 Å². The van der Waals surface area contributed by atoms with Crippen LogP contribution in [0, 0.1) is 0 Å². The lowest BCUT2D eigenvalue weighted by atomic mass is 10.1. The van der Waals surface area contributed by atoms with E-state index in [0.717, 1.165) is 44.9 Å². The Morgan fingerprint density at radius 2 is 1.11 bits per heavy atom. The predicted octanol–water partition coefficient (Wildman–Crippen LogP) is 12.1. The molecular formula is C50H88NO9P. The third kappa shape index (κ3) is 45.3. The number of nitrogens with zero attached hydrogens (tertiary/aromatic N) is 1. The lowest BCUT2D eigenvalue weighted by Gasteiger charge is -2.28. The molecule has 3 atom stereocenters. The number of phosphoric ester groups is 1. The number of rotatable bonds is 42. The highest BCUT2D eigenvalue weighted by molar-refractivity contribution is 7.45. The van der Waals surface area contributed by atoms with Crippen molar-refractivity contribution in [1.29, 1.82) is 0 Å². The summed E-state index contributed by atoms with van der Waals surface area (Å²) in [5.74, 6) is -0.948. The zero-order valence-electron chi connectivity index (χ0n) is 39.2. The molecule has 0 aromatic carbocycles. The number of hydrogen-bond acceptors (Lipinski definition) is 9. The summed E-state index contributed by atoms with van der Waals surface area (Å²) in [5, 5.41) is 10.0. The van der Waals surface area contributed by atoms with E-state index in [9.17, 15) is 24.2 Å². The molecule has 0 aliphatic carbocycles. The maximum atomic E-state index is 12.7. The monoisotopic (exact) mass is 878 g/mol. The number of hydrogen-bond donors (Lipinski definition) is 1. The van der Waals surface area contributed by atoms with Crippen LogP contribution in [0.2, 0.25) is 0 Å². The van der Waals surface area contributed by atoms with Crippen molar-refractivity contribution >= 4 is 19.8 Å². The molecule has 0 heterocycles. The van der Waals surface area contributed by atoms with Gasteiger partial charge in [0.25, 0.3) is 7.82 Å². The van der Waals surface area contributed by atoms with Crippen LogP contribution in [-0.2, 0) is 32.7 Å². The van der Waals surface area contributed by atoms with Gasteiger partial charge in [-0.25, -0.2) is 0 Å². The lowest BCUT2D eigenvalue weighted by Crippen LogP contribution is -2.37. The number of carbonyl (C=O) groups excluding carboxylic acids is 2. The van der Waals surface area contributed by atoms with Crippen molar-refractivity contribution in [3.8, 4) is 0 Å². The van der Waals surface area contributed by atoms with Crippen molar-refractivity contribution in [3.63, 3.8) is 0 Å². The average Bonchev–Trinajstić information content (AvgIpc) is 3.21. The Bertz CT molecular complexity index is 1280. The van der Waals surface area contributed by atoms with Crippen molar-refractivity contribution in [2.75, 3.05) is 47.5 Å². The van der Waals surface area contributed by atoms with Crippen LogP contribution in [0.4, 0.5) is 0 Å². The standard InChI is InChI=1S/C50H88NO9P/c1-6-8-10-12-14-15-16-17-18-19-20-21-22-23-24-25-30-34-38-42-50(54)60-48(46-59-61(55,56)58-44-43-51(3,4)5)45-57-49(53)41-37-33-29-27-26-28-32-36-40-47(52)39-35-31-13-11-9-7-2/h14-15,17-18,27-29,31-32,35-36,40,47-48,52H,6-13,16,19-26,30,33-34,37-39,41-46H2,1-5H3/b15-14-,18-17-,29-27-,32-28-,35-31-,40-36+/t47-,48-/m1/s1. The predicted molar refractivity (Wildman–Crippen MR) is 251 cm³/mol. The largest absolute Gasteiger partial charge is 0.756 e. The van der Waals surface area contributed by atoms with Gasteiger partial charge in [0.1, 0.15) is 19.8 Å². The van der Waals surface area contributed by atoms with Crippen LogP contribution >= 0.6 is 7.82 Å². The second-order valence-electron chi connectivity index (χ2n) is 17.0. The number of aliphatic hydroxyl groups is 1. The Labute approximate surface area is 372 Å². The fourth-order valence-corrected chi connectivity index (χ4v) is 6.72. The van der Waals surface area contributed by atoms with Crippen molar-refractivity contribution in [1.82, 2.24) is 0 Å². The topological polar surface area (TPSA) is 131 Å². The van der Waals surface area contributed by atoms with Gasteiger partial charge in [0.05, 0.1) is 33.9 Å². The fourth-order valence-electron chi connectivity index (χ4n) is 6.00. The van der Waals surface area contributed by atoms with E-state index in [1.807, 2.05) is 57.6 Å². The third-order valence-corrected chi connectivity index (χ3v) is 10.7. The summed E-state index contributed by atoms with van der Waals surface area (Å²) in [4.78, 5) is 37.6. The lowest BCUT2D eigenvalue weighted by molar-refractivity contribution is -0.870. The quantitative estimate of drug-likeness (QED) is 0.0159. The van der Waals surface area contributed by atoms with E-state index in [1.165, 1.54) is 77.0 Å². The van der Waals surface area contributed by atoms with E-state index in [-0.39, 0.29) is 26.1 Å². The van der Waals surface area contributed by atoms with Gasteiger partial charge in [-0.2, -0.15) is 0 Å². The number of quaternary nitrogens is 1. The molecule has 0 bridgehead atoms. The molecule has 10 nitrogen and oxygen atoms in total. The van der Waals surface area contributed by atoms with E-state index in [4.69, 9.17) is 18.5 Å². The van der Waals surface area contributed by atoms with Gasteiger partial charge in [-0.3, -0.25) is 14.2 Å². The number of aliphatic hydroxyl groups excluding tert-OH is 1. The van der Waals surface area contributed by atoms with Crippen molar-refractivity contribution < 1.29 is 47.2 Å². The smallest absolute Gasteiger partial charge is 0.306 e. The van der Waals surface area contributed by atoms with Gasteiger partial charge in [0, 0.05) is 12.8 Å². The summed E-state index contributed by atoms with van der Waals surface area (Å²) in [6.45, 7) is 4.01. The van der Waals surface area contributed by atoms with E-state index < -0.39 is 38.6 Å². The highest BCUT2D eigenvalue weighted by Crippen LogP contribution is 2.38. The van der Waals surface area contributed by atoms with Gasteiger partial charge in [0.2, 0.25) is 0 Å². The number of allylic oxidation sites excluding steroid dienone is 10. The number of phosphoric acid groups is 1. The van der Waals surface area contributed by atoms with Crippen LogP contribution in [0.5, 0.6) is 0 Å². The minimum absolute atomic E-state index is 0.0534. The molecule has 0 rings (SSSR count). The molecule has 0 radical (unpaired) electrons. The average molecular weight is 878 g/mol. The minimum atomic E-state index is -4.66. The van der Waals surface area contributed by atoms with E-state index >= 15 is 0 Å². The van der Waals surface area contributed by atoms with E-state index in [1.54, 1.807) is 6.08 Å². The first-order valence-corrected chi connectivity index (χ1v) is 25.2. The molecule has 1 N–H and O–H groups in total. The molecule has 0 fully saturated rings. The maximum Gasteiger partial charge on any atom is 0.306 e. The van der Waals surface area contributed by atoms with Crippen LogP contribution in [-0.4, -0.2) is 81.2 Å². The molecule has 0 saturated carbocycles. The molecule has 0 aromatic heterocycles. The van der Waals surface area contributed by atoms with E-state index in [0.29, 0.717) is 36.7 Å². The SMILES string of the molecule is CCCCC/C=C\C/C=C\CCCCCCCCCCCC(=O)O[C@H](COC(=O)CCC/C=C\C/C=C\C=C\[C@H](O)C/C=C\CCCCC)COP(=O)([O-])OCC[N+](C)(C)C. The Kier molecular flexibility index (Phi) is 39.7. The molecule has 1 unspecified atom stereocenters. The van der Waals surface area contributed by atoms with Crippen LogP contribution < -0.4 is 4.89 Å². The third-order valence-electron chi connectivity index (χ3n) is 9.78. The Morgan fingerprint density at radius 1 is 0.607 bits per heavy atom. The van der Waals surface area contributed by atoms with Crippen molar-refractivity contribution in [2.24, 2.45) is 0 Å². The molecule has 0 spiro atoms. The van der Waals surface area contributed by atoms with Crippen LogP contribution in [0.1, 0.15) is 174 Å². The van der Waals surface area contributed by atoms with Gasteiger partial charge >= 0.3 is 11.9 Å². The van der Waals surface area contributed by atoms with Gasteiger partial charge in [-0.1, -0.05) is 157 Å². The first kappa shape index (κ1) is 58.4. The summed E-state index contributed by atoms with van der Waals surface area (Å²) in [7, 11) is 1.09. The molecule has 0 amide bonds. The maximum absolute atomic E-state index is 12.7. The number of carbonyl (C=O) groups is 2. The number of unbranched alkanes of at least 4 members (excludes halogenated alkanes) is 16. The summed E-state index contributed by atoms with van der Waals surface area (Å²) in [5.41, 5.74) is 0. The minimum Gasteiger partial charge on any atom is -0.756 e. The molecule has 352 valence electrons. The number of likely N-dealkylation sites (N-methyl/N-ethyl adjacent to an activating group) is 1. The summed E-state index contributed by atoms with van der Waals surface area (Å²) < 4.78 is 33.9. The van der Waals surface area contributed by atoms with Gasteiger partial charge in [0.15, 0.2) is 6.10 Å². The fraction of sp³-hybridized carbons (Fsp3) is 0.720.